The van der Waals surface area contributed by atoms with Crippen molar-refractivity contribution in [1.29, 1.82) is 0 Å². The van der Waals surface area contributed by atoms with Crippen LogP contribution in [0.3, 0.4) is 0 Å². The highest BCUT2D eigenvalue weighted by Gasteiger charge is 2.21. The smallest absolute Gasteiger partial charge is 0.336 e. The first-order valence-electron chi connectivity index (χ1n) is 14.1. The van der Waals surface area contributed by atoms with Crippen LogP contribution in [0.5, 0.6) is 17.2 Å². The number of benzene rings is 4. The van der Waals surface area contributed by atoms with Crippen LogP contribution in [0.1, 0.15) is 51.3 Å². The monoisotopic (exact) mass is 616 g/mol. The lowest BCUT2D eigenvalue weighted by Crippen LogP contribution is -2.28. The number of carboxylic acids is 1. The van der Waals surface area contributed by atoms with E-state index in [4.69, 9.17) is 19.6 Å². The van der Waals surface area contributed by atoms with Gasteiger partial charge in [0.25, 0.3) is 5.91 Å². The van der Waals surface area contributed by atoms with Crippen molar-refractivity contribution >= 4 is 23.3 Å². The number of rotatable bonds is 15. The molecule has 0 spiro atoms. The molecule has 0 heterocycles. The SMILES string of the molecule is Cc1ccc(C(=O)Nc2ccc(OCC(C)(C)COc3ccc(NOCc4ccc(O)cc4COO)cc3)cc2)c(C(=O)O)c1. The second-order valence-electron chi connectivity index (χ2n) is 11.2. The molecule has 0 aliphatic heterocycles. The first-order chi connectivity index (χ1) is 21.5. The van der Waals surface area contributed by atoms with Gasteiger partial charge in [0.1, 0.15) is 23.9 Å². The Balaban J connectivity index is 1.21. The predicted molar refractivity (Wildman–Crippen MR) is 168 cm³/mol. The third-order valence-electron chi connectivity index (χ3n) is 6.70. The number of aryl methyl sites for hydroxylation is 1. The van der Waals surface area contributed by atoms with Gasteiger partial charge in [-0.05, 0) is 90.8 Å². The summed E-state index contributed by atoms with van der Waals surface area (Å²) in [6.45, 7) is 6.69. The molecule has 1 amide bonds. The molecule has 5 N–H and O–H groups in total. The second-order valence-corrected chi connectivity index (χ2v) is 11.2. The molecule has 236 valence electrons. The molecule has 0 saturated heterocycles. The fourth-order valence-electron chi connectivity index (χ4n) is 4.24. The molecule has 0 aliphatic carbocycles. The van der Waals surface area contributed by atoms with E-state index in [1.54, 1.807) is 43.3 Å². The summed E-state index contributed by atoms with van der Waals surface area (Å²) in [5, 5.41) is 30.5. The molecular formula is C34H36N2O9. The summed E-state index contributed by atoms with van der Waals surface area (Å²) in [6, 6.07) is 23.5. The van der Waals surface area contributed by atoms with Crippen LogP contribution < -0.4 is 20.3 Å². The summed E-state index contributed by atoms with van der Waals surface area (Å²) in [4.78, 5) is 34.0. The van der Waals surface area contributed by atoms with Crippen LogP contribution in [-0.4, -0.2) is 40.6 Å². The van der Waals surface area contributed by atoms with Crippen molar-refractivity contribution in [3.8, 4) is 17.2 Å². The number of carbonyl (C=O) groups excluding carboxylic acids is 1. The third-order valence-corrected chi connectivity index (χ3v) is 6.70. The number of carbonyl (C=O) groups is 2. The minimum atomic E-state index is -1.16. The Labute approximate surface area is 260 Å². The third kappa shape index (κ3) is 9.70. The molecule has 0 atom stereocenters. The summed E-state index contributed by atoms with van der Waals surface area (Å²) in [7, 11) is 0. The van der Waals surface area contributed by atoms with Gasteiger partial charge in [0.2, 0.25) is 0 Å². The number of hydrogen-bond acceptors (Lipinski definition) is 9. The van der Waals surface area contributed by atoms with Crippen LogP contribution in [-0.2, 0) is 22.9 Å². The summed E-state index contributed by atoms with van der Waals surface area (Å²) < 4.78 is 11.9. The molecule has 0 fully saturated rings. The Bertz CT molecular complexity index is 1600. The quantitative estimate of drug-likeness (QED) is 0.0722. The van der Waals surface area contributed by atoms with E-state index in [1.165, 1.54) is 24.3 Å². The Hall–Kier alpha value is -5.10. The Morgan fingerprint density at radius 3 is 1.98 bits per heavy atom. The van der Waals surface area contributed by atoms with Gasteiger partial charge in [-0.15, -0.1) is 0 Å². The number of ether oxygens (including phenoxy) is 2. The van der Waals surface area contributed by atoms with E-state index in [-0.39, 0.29) is 35.5 Å². The van der Waals surface area contributed by atoms with Crippen LogP contribution >= 0.6 is 0 Å². The zero-order valence-corrected chi connectivity index (χ0v) is 25.2. The first-order valence-corrected chi connectivity index (χ1v) is 14.1. The maximum absolute atomic E-state index is 12.7. The molecule has 0 radical (unpaired) electrons. The largest absolute Gasteiger partial charge is 0.508 e. The van der Waals surface area contributed by atoms with Gasteiger partial charge in [-0.3, -0.25) is 20.4 Å². The molecule has 4 aromatic rings. The number of hydrogen-bond donors (Lipinski definition) is 5. The van der Waals surface area contributed by atoms with Crippen LogP contribution in [0.15, 0.2) is 84.9 Å². The molecule has 11 heteroatoms. The predicted octanol–water partition coefficient (Wildman–Crippen LogP) is 6.67. The lowest BCUT2D eigenvalue weighted by atomic mass is 9.96. The molecule has 45 heavy (non-hydrogen) atoms. The molecule has 0 unspecified atom stereocenters. The Morgan fingerprint density at radius 2 is 1.38 bits per heavy atom. The van der Waals surface area contributed by atoms with Crippen molar-refractivity contribution in [2.45, 2.75) is 34.0 Å². The second kappa shape index (κ2) is 15.1. The van der Waals surface area contributed by atoms with Crippen molar-refractivity contribution in [1.82, 2.24) is 0 Å². The van der Waals surface area contributed by atoms with Gasteiger partial charge in [0.05, 0.1) is 36.6 Å². The van der Waals surface area contributed by atoms with Crippen molar-refractivity contribution in [2.75, 3.05) is 24.0 Å². The van der Waals surface area contributed by atoms with E-state index < -0.39 is 11.9 Å². The normalized spacial score (nSPS) is 11.1. The van der Waals surface area contributed by atoms with Gasteiger partial charge < -0.3 is 25.0 Å². The van der Waals surface area contributed by atoms with Crippen LogP contribution in [0.25, 0.3) is 0 Å². The molecule has 0 aliphatic rings. The van der Waals surface area contributed by atoms with Gasteiger partial charge in [-0.2, -0.15) is 0 Å². The van der Waals surface area contributed by atoms with Gasteiger partial charge in [-0.1, -0.05) is 31.5 Å². The first kappa shape index (κ1) is 32.8. The van der Waals surface area contributed by atoms with E-state index >= 15 is 0 Å². The molecule has 0 aromatic heterocycles. The Kier molecular flexibility index (Phi) is 11.0. The lowest BCUT2D eigenvalue weighted by molar-refractivity contribution is -0.253. The summed E-state index contributed by atoms with van der Waals surface area (Å²) in [5.41, 5.74) is 5.89. The fourth-order valence-corrected chi connectivity index (χ4v) is 4.24. The average Bonchev–Trinajstić information content (AvgIpc) is 3.01. The highest BCUT2D eigenvalue weighted by molar-refractivity contribution is 6.10. The fraction of sp³-hybridized carbons (Fsp3) is 0.235. The number of carboxylic acid groups (broad SMARTS) is 1. The number of phenols is 1. The molecule has 11 nitrogen and oxygen atoms in total. The standard InChI is InChI=1S/C34H36N2O9/c1-22-4-15-30(31(16-22)33(39)40)32(38)35-25-6-11-28(12-7-25)42-20-34(2,3)21-43-29-13-8-26(9-14-29)36-44-18-23-5-10-27(37)17-24(23)19-45-41/h4-17,36-37,41H,18-21H2,1-3H3,(H,35,38)(H,39,40). The zero-order valence-electron chi connectivity index (χ0n) is 25.2. The number of amides is 1. The van der Waals surface area contributed by atoms with Gasteiger partial charge in [0.15, 0.2) is 0 Å². The lowest BCUT2D eigenvalue weighted by Gasteiger charge is -2.25. The highest BCUT2D eigenvalue weighted by Crippen LogP contribution is 2.24. The van der Waals surface area contributed by atoms with Crippen LogP contribution in [0, 0.1) is 12.3 Å². The zero-order chi connectivity index (χ0) is 32.4. The minimum absolute atomic E-state index is 0.0503. The van der Waals surface area contributed by atoms with Crippen LogP contribution in [0.4, 0.5) is 11.4 Å². The van der Waals surface area contributed by atoms with Gasteiger partial charge in [0, 0.05) is 11.1 Å². The molecular weight excluding hydrogens is 580 g/mol. The highest BCUT2D eigenvalue weighted by atomic mass is 17.1. The average molecular weight is 617 g/mol. The van der Waals surface area contributed by atoms with E-state index in [0.29, 0.717) is 41.7 Å². The summed E-state index contributed by atoms with van der Waals surface area (Å²) in [6.07, 6.45) is 0. The number of aromatic carboxylic acids is 1. The molecule has 0 saturated carbocycles. The van der Waals surface area contributed by atoms with Crippen molar-refractivity contribution in [3.05, 3.63) is 113 Å². The summed E-state index contributed by atoms with van der Waals surface area (Å²) in [5.74, 6) is -0.310. The van der Waals surface area contributed by atoms with Crippen molar-refractivity contribution in [3.63, 3.8) is 0 Å². The Morgan fingerprint density at radius 1 is 0.756 bits per heavy atom. The van der Waals surface area contributed by atoms with Crippen molar-refractivity contribution < 1.29 is 44.3 Å². The number of phenolic OH excluding ortho intramolecular Hbond substituents is 1. The summed E-state index contributed by atoms with van der Waals surface area (Å²) >= 11 is 0. The van der Waals surface area contributed by atoms with E-state index in [0.717, 1.165) is 11.1 Å². The van der Waals surface area contributed by atoms with Gasteiger partial charge >= 0.3 is 5.97 Å². The van der Waals surface area contributed by atoms with E-state index in [9.17, 15) is 19.8 Å². The maximum atomic E-state index is 12.7. The van der Waals surface area contributed by atoms with E-state index in [1.807, 2.05) is 38.1 Å². The van der Waals surface area contributed by atoms with Gasteiger partial charge in [-0.25, -0.2) is 9.68 Å². The molecule has 4 rings (SSSR count). The number of anilines is 2. The molecule has 4 aromatic carbocycles. The number of nitrogens with one attached hydrogen (secondary N) is 2. The minimum Gasteiger partial charge on any atom is -0.508 e. The van der Waals surface area contributed by atoms with E-state index in [2.05, 4.69) is 15.7 Å². The molecule has 0 bridgehead atoms. The number of aromatic hydroxyl groups is 1. The van der Waals surface area contributed by atoms with Crippen molar-refractivity contribution in [2.24, 2.45) is 5.41 Å². The maximum Gasteiger partial charge on any atom is 0.336 e. The topological polar surface area (TPSA) is 156 Å². The van der Waals surface area contributed by atoms with Crippen LogP contribution in [0.2, 0.25) is 0 Å².